The van der Waals surface area contributed by atoms with Gasteiger partial charge < -0.3 is 10.0 Å². The summed E-state index contributed by atoms with van der Waals surface area (Å²) in [6.07, 6.45) is 4.89. The summed E-state index contributed by atoms with van der Waals surface area (Å²) in [5.41, 5.74) is 1.50. The highest BCUT2D eigenvalue weighted by Crippen LogP contribution is 2.47. The zero-order valence-electron chi connectivity index (χ0n) is 12.6. The van der Waals surface area contributed by atoms with Crippen LogP contribution in [0.5, 0.6) is 0 Å². The van der Waals surface area contributed by atoms with E-state index in [4.69, 9.17) is 5.11 Å². The minimum Gasteiger partial charge on any atom is -0.481 e. The van der Waals surface area contributed by atoms with Crippen molar-refractivity contribution in [2.24, 2.45) is 11.8 Å². The summed E-state index contributed by atoms with van der Waals surface area (Å²) in [6.45, 7) is 3.54. The third-order valence-corrected chi connectivity index (χ3v) is 5.12. The molecule has 1 heterocycles. The molecule has 1 aliphatic carbocycles. The molecule has 1 N–H and O–H groups in total. The zero-order valence-corrected chi connectivity index (χ0v) is 12.6. The van der Waals surface area contributed by atoms with Gasteiger partial charge in [-0.3, -0.25) is 4.79 Å². The van der Waals surface area contributed by atoms with Gasteiger partial charge >= 0.3 is 5.97 Å². The Labute approximate surface area is 127 Å². The van der Waals surface area contributed by atoms with Gasteiger partial charge in [0.05, 0.1) is 0 Å². The van der Waals surface area contributed by atoms with Crippen molar-refractivity contribution in [2.75, 3.05) is 19.6 Å². The molecule has 0 bridgehead atoms. The van der Waals surface area contributed by atoms with Crippen LogP contribution >= 0.6 is 0 Å². The van der Waals surface area contributed by atoms with Crippen LogP contribution in [0.2, 0.25) is 0 Å². The summed E-state index contributed by atoms with van der Waals surface area (Å²) in [4.78, 5) is 13.2. The molecule has 0 aromatic heterocycles. The lowest BCUT2D eigenvalue weighted by atomic mass is 9.92. The van der Waals surface area contributed by atoms with Crippen LogP contribution in [-0.4, -0.2) is 35.6 Å². The Morgan fingerprint density at radius 1 is 1.19 bits per heavy atom. The topological polar surface area (TPSA) is 40.5 Å². The average Bonchev–Trinajstić information content (AvgIpc) is 3.27. The Morgan fingerprint density at radius 2 is 1.90 bits per heavy atom. The van der Waals surface area contributed by atoms with Gasteiger partial charge in [-0.25, -0.2) is 0 Å². The summed E-state index contributed by atoms with van der Waals surface area (Å²) in [5, 5.41) is 8.75. The fourth-order valence-electron chi connectivity index (χ4n) is 3.67. The van der Waals surface area contributed by atoms with Gasteiger partial charge in [-0.05, 0) is 62.1 Å². The number of aliphatic carboxylic acids is 1. The highest BCUT2D eigenvalue weighted by atomic mass is 16.4. The smallest absolute Gasteiger partial charge is 0.303 e. The number of piperidine rings is 1. The Morgan fingerprint density at radius 3 is 2.57 bits per heavy atom. The molecule has 1 aromatic rings. The number of rotatable bonds is 6. The maximum atomic E-state index is 10.6. The predicted octanol–water partition coefficient (Wildman–Crippen LogP) is 3.37. The Kier molecular flexibility index (Phi) is 4.59. The molecule has 114 valence electrons. The van der Waals surface area contributed by atoms with Gasteiger partial charge in [-0.1, -0.05) is 30.3 Å². The molecule has 0 amide bonds. The van der Waals surface area contributed by atoms with E-state index in [9.17, 15) is 4.79 Å². The van der Waals surface area contributed by atoms with Crippen molar-refractivity contribution in [1.82, 2.24) is 4.90 Å². The number of nitrogens with zero attached hydrogens (tertiary/aromatic N) is 1. The van der Waals surface area contributed by atoms with Crippen LogP contribution in [-0.2, 0) is 4.79 Å². The van der Waals surface area contributed by atoms with Crippen molar-refractivity contribution in [3.63, 3.8) is 0 Å². The lowest BCUT2D eigenvalue weighted by Crippen LogP contribution is -2.35. The van der Waals surface area contributed by atoms with Gasteiger partial charge in [0, 0.05) is 13.0 Å². The van der Waals surface area contributed by atoms with Crippen molar-refractivity contribution in [3.8, 4) is 0 Å². The van der Waals surface area contributed by atoms with Crippen molar-refractivity contribution in [3.05, 3.63) is 35.9 Å². The van der Waals surface area contributed by atoms with Gasteiger partial charge in [0.15, 0.2) is 0 Å². The molecular weight excluding hydrogens is 262 g/mol. The highest BCUT2D eigenvalue weighted by molar-refractivity contribution is 5.66. The van der Waals surface area contributed by atoms with E-state index >= 15 is 0 Å². The van der Waals surface area contributed by atoms with E-state index in [1.54, 1.807) is 0 Å². The van der Waals surface area contributed by atoms with E-state index in [1.807, 2.05) is 0 Å². The van der Waals surface area contributed by atoms with Crippen molar-refractivity contribution in [1.29, 1.82) is 0 Å². The van der Waals surface area contributed by atoms with Gasteiger partial charge in [-0.15, -0.1) is 0 Å². The first-order valence-corrected chi connectivity index (χ1v) is 8.21. The molecule has 3 rings (SSSR count). The predicted molar refractivity (Wildman–Crippen MR) is 83.3 cm³/mol. The Bertz CT molecular complexity index is 465. The average molecular weight is 287 g/mol. The second-order valence-electron chi connectivity index (χ2n) is 6.69. The van der Waals surface area contributed by atoms with Crippen LogP contribution in [0.4, 0.5) is 0 Å². The van der Waals surface area contributed by atoms with E-state index in [1.165, 1.54) is 31.4 Å². The first-order chi connectivity index (χ1) is 10.2. The summed E-state index contributed by atoms with van der Waals surface area (Å²) >= 11 is 0. The van der Waals surface area contributed by atoms with E-state index < -0.39 is 5.97 Å². The van der Waals surface area contributed by atoms with Gasteiger partial charge in [0.25, 0.3) is 0 Å². The van der Waals surface area contributed by atoms with E-state index in [0.717, 1.165) is 31.3 Å². The molecule has 1 aromatic carbocycles. The van der Waals surface area contributed by atoms with E-state index in [2.05, 4.69) is 35.2 Å². The lowest BCUT2D eigenvalue weighted by molar-refractivity contribution is -0.137. The minimum absolute atomic E-state index is 0.337. The molecular formula is C18H25NO2. The molecule has 2 fully saturated rings. The molecule has 21 heavy (non-hydrogen) atoms. The van der Waals surface area contributed by atoms with Crippen LogP contribution in [0.3, 0.4) is 0 Å². The first kappa shape index (κ1) is 14.6. The summed E-state index contributed by atoms with van der Waals surface area (Å²) in [5.74, 6) is 1.58. The third kappa shape index (κ3) is 4.07. The van der Waals surface area contributed by atoms with E-state index in [-0.39, 0.29) is 0 Å². The van der Waals surface area contributed by atoms with Crippen LogP contribution in [0.25, 0.3) is 0 Å². The van der Waals surface area contributed by atoms with E-state index in [0.29, 0.717) is 12.3 Å². The maximum Gasteiger partial charge on any atom is 0.303 e. The summed E-state index contributed by atoms with van der Waals surface area (Å²) in [7, 11) is 0. The van der Waals surface area contributed by atoms with Crippen LogP contribution < -0.4 is 0 Å². The number of carboxylic acid groups (broad SMARTS) is 1. The number of hydrogen-bond acceptors (Lipinski definition) is 2. The Hall–Kier alpha value is -1.35. The Balaban J connectivity index is 1.38. The molecule has 2 aliphatic rings. The number of likely N-dealkylation sites (tertiary alicyclic amines) is 1. The zero-order chi connectivity index (χ0) is 14.7. The van der Waals surface area contributed by atoms with Crippen LogP contribution in [0, 0.1) is 11.8 Å². The van der Waals surface area contributed by atoms with Gasteiger partial charge in [-0.2, -0.15) is 0 Å². The molecule has 0 radical (unpaired) electrons. The number of carbonyl (C=O) groups is 1. The number of hydrogen-bond donors (Lipinski definition) is 1. The lowest BCUT2D eigenvalue weighted by Gasteiger charge is -2.31. The largest absolute Gasteiger partial charge is 0.481 e. The molecule has 0 spiro atoms. The summed E-state index contributed by atoms with van der Waals surface area (Å²) in [6, 6.07) is 10.9. The molecule has 3 nitrogen and oxygen atoms in total. The highest BCUT2D eigenvalue weighted by Gasteiger charge is 2.39. The SMILES string of the molecule is O=C(O)CCC1CCN(C[C@@H]2C[C@H]2c2ccccc2)CC1. The fraction of sp³-hybridized carbons (Fsp3) is 0.611. The second-order valence-corrected chi connectivity index (χ2v) is 6.69. The fourth-order valence-corrected chi connectivity index (χ4v) is 3.67. The van der Waals surface area contributed by atoms with Crippen molar-refractivity contribution < 1.29 is 9.90 Å². The molecule has 2 atom stereocenters. The monoisotopic (exact) mass is 287 g/mol. The quantitative estimate of drug-likeness (QED) is 0.872. The standard InChI is InChI=1S/C18H25NO2/c20-18(21)7-6-14-8-10-19(11-9-14)13-16-12-17(16)15-4-2-1-3-5-15/h1-5,14,16-17H,6-13H2,(H,20,21)/t16-,17-/m0/s1. The number of benzene rings is 1. The molecule has 1 aliphatic heterocycles. The molecule has 0 unspecified atom stereocenters. The van der Waals surface area contributed by atoms with Gasteiger partial charge in [0.2, 0.25) is 0 Å². The van der Waals surface area contributed by atoms with Gasteiger partial charge in [0.1, 0.15) is 0 Å². The molecule has 3 heteroatoms. The van der Waals surface area contributed by atoms with Crippen LogP contribution in [0.15, 0.2) is 30.3 Å². The van der Waals surface area contributed by atoms with Crippen molar-refractivity contribution >= 4 is 5.97 Å². The van der Waals surface area contributed by atoms with Crippen molar-refractivity contribution in [2.45, 2.75) is 38.0 Å². The normalized spacial score (nSPS) is 26.7. The van der Waals surface area contributed by atoms with Crippen LogP contribution in [0.1, 0.15) is 43.6 Å². The second kappa shape index (κ2) is 6.61. The molecule has 1 saturated heterocycles. The third-order valence-electron chi connectivity index (χ3n) is 5.12. The minimum atomic E-state index is -0.652. The number of carboxylic acids is 1. The maximum absolute atomic E-state index is 10.6. The summed E-state index contributed by atoms with van der Waals surface area (Å²) < 4.78 is 0. The first-order valence-electron chi connectivity index (χ1n) is 8.21. The molecule has 1 saturated carbocycles.